The molecule has 1 radical (unpaired) electrons. The zero-order valence-corrected chi connectivity index (χ0v) is 9.15. The van der Waals surface area contributed by atoms with Gasteiger partial charge in [0.15, 0.2) is 8.32 Å². The first-order valence-electron chi connectivity index (χ1n) is 4.67. The third-order valence-corrected chi connectivity index (χ3v) is 7.17. The number of hydrogen-bond donors (Lipinski definition) is 0. The van der Waals surface area contributed by atoms with Gasteiger partial charge in [0.25, 0.3) is 0 Å². The normalized spacial score (nSPS) is 12.0. The summed E-state index contributed by atoms with van der Waals surface area (Å²) in [6.07, 6.45) is 0.911. The van der Waals surface area contributed by atoms with Gasteiger partial charge in [-0.15, -0.1) is 0 Å². The molecule has 0 unspecified atom stereocenters. The molecule has 0 N–H and O–H groups in total. The summed E-state index contributed by atoms with van der Waals surface area (Å²) in [5.41, 5.74) is 0. The van der Waals surface area contributed by atoms with Crippen molar-refractivity contribution in [2.24, 2.45) is 0 Å². The molecule has 0 aliphatic heterocycles. The summed E-state index contributed by atoms with van der Waals surface area (Å²) in [5, 5.41) is 0. The molecule has 0 aliphatic carbocycles. The van der Waals surface area contributed by atoms with E-state index in [1.54, 1.807) is 0 Å². The van der Waals surface area contributed by atoms with Crippen LogP contribution in [0.3, 0.4) is 0 Å². The molecule has 2 heteroatoms. The van der Waals surface area contributed by atoms with Crippen molar-refractivity contribution in [1.82, 2.24) is 0 Å². The second-order valence-electron chi connectivity index (χ2n) is 2.95. The van der Waals surface area contributed by atoms with Gasteiger partial charge in [-0.1, -0.05) is 27.7 Å². The van der Waals surface area contributed by atoms with Crippen molar-refractivity contribution < 1.29 is 4.43 Å². The summed E-state index contributed by atoms with van der Waals surface area (Å²) in [5.74, 6) is 0. The standard InChI is InChI=1S/C9H21OSi/c1-5-9-10-11(6-2,7-3)8-4/h1,5-9H2,2-4H3. The molecule has 0 heterocycles. The molecule has 0 saturated carbocycles. The van der Waals surface area contributed by atoms with Crippen molar-refractivity contribution in [3.8, 4) is 0 Å². The highest BCUT2D eigenvalue weighted by molar-refractivity contribution is 6.73. The molecule has 0 spiro atoms. The molecular weight excluding hydrogens is 152 g/mol. The van der Waals surface area contributed by atoms with Crippen molar-refractivity contribution in [3.63, 3.8) is 0 Å². The molecule has 0 bridgehead atoms. The van der Waals surface area contributed by atoms with Crippen LogP contribution in [0, 0.1) is 6.92 Å². The Labute approximate surface area is 72.3 Å². The molecule has 0 saturated heterocycles. The van der Waals surface area contributed by atoms with Crippen LogP contribution in [0.25, 0.3) is 0 Å². The first-order valence-corrected chi connectivity index (χ1v) is 7.20. The Morgan fingerprint density at radius 2 is 1.55 bits per heavy atom. The maximum Gasteiger partial charge on any atom is 0.191 e. The van der Waals surface area contributed by atoms with Gasteiger partial charge in [0, 0.05) is 6.61 Å². The van der Waals surface area contributed by atoms with E-state index in [0.29, 0.717) is 0 Å². The van der Waals surface area contributed by atoms with E-state index in [4.69, 9.17) is 4.43 Å². The first kappa shape index (κ1) is 11.2. The molecule has 0 aromatic carbocycles. The topological polar surface area (TPSA) is 9.23 Å². The zero-order valence-electron chi connectivity index (χ0n) is 8.15. The van der Waals surface area contributed by atoms with Crippen LogP contribution in [0.5, 0.6) is 0 Å². The van der Waals surface area contributed by atoms with Gasteiger partial charge >= 0.3 is 0 Å². The Morgan fingerprint density at radius 3 is 1.82 bits per heavy atom. The quantitative estimate of drug-likeness (QED) is 0.560. The summed E-state index contributed by atoms with van der Waals surface area (Å²) in [4.78, 5) is 0. The van der Waals surface area contributed by atoms with Crippen LogP contribution in [0.4, 0.5) is 0 Å². The first-order chi connectivity index (χ1) is 5.24. The smallest absolute Gasteiger partial charge is 0.191 e. The van der Waals surface area contributed by atoms with Crippen molar-refractivity contribution in [2.45, 2.75) is 45.3 Å². The monoisotopic (exact) mass is 173 g/mol. The Bertz CT molecular complexity index is 81.3. The van der Waals surface area contributed by atoms with Crippen molar-refractivity contribution in [1.29, 1.82) is 0 Å². The molecule has 67 valence electrons. The summed E-state index contributed by atoms with van der Waals surface area (Å²) < 4.78 is 5.90. The van der Waals surface area contributed by atoms with E-state index in [9.17, 15) is 0 Å². The summed E-state index contributed by atoms with van der Waals surface area (Å²) in [6.45, 7) is 11.4. The molecule has 0 atom stereocenters. The van der Waals surface area contributed by atoms with E-state index in [1.807, 2.05) is 0 Å². The molecule has 11 heavy (non-hydrogen) atoms. The van der Waals surface area contributed by atoms with Crippen LogP contribution in [0.1, 0.15) is 27.2 Å². The van der Waals surface area contributed by atoms with E-state index >= 15 is 0 Å². The second kappa shape index (κ2) is 5.78. The average molecular weight is 173 g/mol. The SMILES string of the molecule is [CH2]CCO[Si](CC)(CC)CC. The van der Waals surface area contributed by atoms with Crippen LogP contribution in [0.2, 0.25) is 18.1 Å². The van der Waals surface area contributed by atoms with Gasteiger partial charge < -0.3 is 4.43 Å². The molecule has 1 nitrogen and oxygen atoms in total. The molecule has 0 aliphatic rings. The minimum Gasteiger partial charge on any atom is -0.417 e. The predicted molar refractivity (Wildman–Crippen MR) is 53.1 cm³/mol. The lowest BCUT2D eigenvalue weighted by Crippen LogP contribution is -2.35. The molecule has 0 rings (SSSR count). The minimum absolute atomic E-state index is 0.863. The predicted octanol–water partition coefficient (Wildman–Crippen LogP) is 3.23. The minimum atomic E-state index is -1.28. The Morgan fingerprint density at radius 1 is 1.09 bits per heavy atom. The highest BCUT2D eigenvalue weighted by Gasteiger charge is 2.27. The van der Waals surface area contributed by atoms with Crippen molar-refractivity contribution in [3.05, 3.63) is 6.92 Å². The Balaban J connectivity index is 3.84. The lowest BCUT2D eigenvalue weighted by atomic mass is 10.5. The third kappa shape index (κ3) is 3.39. The number of hydrogen-bond acceptors (Lipinski definition) is 1. The summed E-state index contributed by atoms with van der Waals surface area (Å²) >= 11 is 0. The Hall–Kier alpha value is 0.177. The Kier molecular flexibility index (Phi) is 5.87. The van der Waals surface area contributed by atoms with Crippen molar-refractivity contribution >= 4 is 8.32 Å². The van der Waals surface area contributed by atoms with Crippen LogP contribution in [0.15, 0.2) is 0 Å². The highest BCUT2D eigenvalue weighted by Crippen LogP contribution is 2.21. The molecule has 0 fully saturated rings. The van der Waals surface area contributed by atoms with Gasteiger partial charge in [0.05, 0.1) is 0 Å². The highest BCUT2D eigenvalue weighted by atomic mass is 28.4. The molecule has 0 amide bonds. The lowest BCUT2D eigenvalue weighted by Gasteiger charge is -2.27. The van der Waals surface area contributed by atoms with Gasteiger partial charge in [0.1, 0.15) is 0 Å². The van der Waals surface area contributed by atoms with E-state index < -0.39 is 8.32 Å². The summed E-state index contributed by atoms with van der Waals surface area (Å²) in [7, 11) is -1.28. The fraction of sp³-hybridized carbons (Fsp3) is 0.889. The molecular formula is C9H21OSi. The van der Waals surface area contributed by atoms with Gasteiger partial charge in [-0.25, -0.2) is 0 Å². The largest absolute Gasteiger partial charge is 0.417 e. The van der Waals surface area contributed by atoms with E-state index in [-0.39, 0.29) is 0 Å². The summed E-state index contributed by atoms with van der Waals surface area (Å²) in [6, 6.07) is 3.75. The van der Waals surface area contributed by atoms with Crippen LogP contribution in [-0.2, 0) is 4.43 Å². The van der Waals surface area contributed by atoms with Gasteiger partial charge in [-0.3, -0.25) is 0 Å². The zero-order chi connectivity index (χ0) is 8.74. The molecule has 0 aromatic heterocycles. The van der Waals surface area contributed by atoms with Crippen LogP contribution < -0.4 is 0 Å². The van der Waals surface area contributed by atoms with E-state index in [1.165, 1.54) is 18.1 Å². The fourth-order valence-corrected chi connectivity index (χ4v) is 4.03. The van der Waals surface area contributed by atoms with Gasteiger partial charge in [-0.05, 0) is 24.6 Å². The molecule has 0 aromatic rings. The van der Waals surface area contributed by atoms with E-state index in [2.05, 4.69) is 27.7 Å². The van der Waals surface area contributed by atoms with Crippen LogP contribution in [-0.4, -0.2) is 14.9 Å². The maximum absolute atomic E-state index is 5.90. The van der Waals surface area contributed by atoms with Gasteiger partial charge in [0.2, 0.25) is 0 Å². The fourth-order valence-electron chi connectivity index (χ4n) is 1.34. The van der Waals surface area contributed by atoms with Crippen LogP contribution >= 0.6 is 0 Å². The maximum atomic E-state index is 5.90. The van der Waals surface area contributed by atoms with E-state index in [0.717, 1.165) is 13.0 Å². The number of rotatable bonds is 6. The second-order valence-corrected chi connectivity index (χ2v) is 7.72. The van der Waals surface area contributed by atoms with Gasteiger partial charge in [-0.2, -0.15) is 0 Å². The average Bonchev–Trinajstić information content (AvgIpc) is 2.08. The van der Waals surface area contributed by atoms with Crippen molar-refractivity contribution in [2.75, 3.05) is 6.61 Å². The third-order valence-electron chi connectivity index (χ3n) is 2.49. The lowest BCUT2D eigenvalue weighted by molar-refractivity contribution is 0.306.